The molecule has 1 aromatic carbocycles. The largest absolute Gasteiger partial charge is 0.378 e. The number of hydrogen-bond donors (Lipinski definition) is 1. The Kier molecular flexibility index (Phi) is 6.12. The fraction of sp³-hybridized carbons (Fsp3) is 0.556. The Morgan fingerprint density at radius 1 is 1.05 bits per heavy atom. The molecule has 1 atom stereocenters. The molecule has 1 heteroatoms. The molecule has 1 rings (SSSR count). The van der Waals surface area contributed by atoms with E-state index in [1.807, 2.05) is 6.92 Å². The van der Waals surface area contributed by atoms with E-state index in [0.717, 1.165) is 18.4 Å². The molecule has 0 heterocycles. The van der Waals surface area contributed by atoms with Crippen LogP contribution in [0.5, 0.6) is 0 Å². The SMILES string of the molecule is CCCCCCC(C)(O)C#Cc1cc(C)cc(C)c1. The average molecular weight is 258 g/mol. The number of aliphatic hydroxyl groups is 1. The summed E-state index contributed by atoms with van der Waals surface area (Å²) in [6.07, 6.45) is 5.43. The minimum atomic E-state index is -0.870. The van der Waals surface area contributed by atoms with E-state index < -0.39 is 5.60 Å². The highest BCUT2D eigenvalue weighted by molar-refractivity contribution is 5.41. The summed E-state index contributed by atoms with van der Waals surface area (Å²) in [4.78, 5) is 0. The predicted molar refractivity (Wildman–Crippen MR) is 82.2 cm³/mol. The van der Waals surface area contributed by atoms with Crippen molar-refractivity contribution in [3.63, 3.8) is 0 Å². The quantitative estimate of drug-likeness (QED) is 0.614. The van der Waals surface area contributed by atoms with Crippen LogP contribution in [0.25, 0.3) is 0 Å². The van der Waals surface area contributed by atoms with Gasteiger partial charge in [0.2, 0.25) is 0 Å². The minimum Gasteiger partial charge on any atom is -0.378 e. The maximum Gasteiger partial charge on any atom is 0.123 e. The third kappa shape index (κ3) is 6.45. The second-order valence-electron chi connectivity index (χ2n) is 5.71. The zero-order chi connectivity index (χ0) is 14.3. The molecule has 0 saturated heterocycles. The van der Waals surface area contributed by atoms with Gasteiger partial charge < -0.3 is 5.11 Å². The van der Waals surface area contributed by atoms with Gasteiger partial charge in [-0.1, -0.05) is 44.1 Å². The van der Waals surface area contributed by atoms with Gasteiger partial charge in [-0.3, -0.25) is 0 Å². The third-order valence-corrected chi connectivity index (χ3v) is 3.21. The normalized spacial score (nSPS) is 13.5. The summed E-state index contributed by atoms with van der Waals surface area (Å²) in [7, 11) is 0. The third-order valence-electron chi connectivity index (χ3n) is 3.21. The van der Waals surface area contributed by atoms with Crippen LogP contribution in [0.3, 0.4) is 0 Å². The van der Waals surface area contributed by atoms with Crippen LogP contribution < -0.4 is 0 Å². The van der Waals surface area contributed by atoms with E-state index in [4.69, 9.17) is 0 Å². The number of rotatable bonds is 5. The second kappa shape index (κ2) is 7.36. The van der Waals surface area contributed by atoms with E-state index in [1.165, 1.54) is 30.4 Å². The first-order chi connectivity index (χ1) is 8.93. The molecule has 0 aliphatic rings. The lowest BCUT2D eigenvalue weighted by atomic mass is 9.98. The number of hydrogen-bond acceptors (Lipinski definition) is 1. The summed E-state index contributed by atoms with van der Waals surface area (Å²) in [5.41, 5.74) is 2.55. The monoisotopic (exact) mass is 258 g/mol. The molecule has 0 saturated carbocycles. The Labute approximate surface area is 118 Å². The average Bonchev–Trinajstić information content (AvgIpc) is 2.31. The van der Waals surface area contributed by atoms with E-state index in [1.54, 1.807) is 0 Å². The summed E-state index contributed by atoms with van der Waals surface area (Å²) in [6.45, 7) is 8.15. The fourth-order valence-corrected chi connectivity index (χ4v) is 2.21. The Morgan fingerprint density at radius 3 is 2.26 bits per heavy atom. The number of unbranched alkanes of at least 4 members (excludes halogenated alkanes) is 3. The lowest BCUT2D eigenvalue weighted by molar-refractivity contribution is 0.109. The molecule has 1 unspecified atom stereocenters. The number of benzene rings is 1. The predicted octanol–water partition coefficient (Wildman–Crippen LogP) is 4.38. The maximum absolute atomic E-state index is 10.2. The van der Waals surface area contributed by atoms with Gasteiger partial charge in [0, 0.05) is 5.56 Å². The van der Waals surface area contributed by atoms with Gasteiger partial charge in [0.25, 0.3) is 0 Å². The van der Waals surface area contributed by atoms with E-state index in [0.29, 0.717) is 0 Å². The van der Waals surface area contributed by atoms with Crippen molar-refractivity contribution in [3.05, 3.63) is 34.9 Å². The zero-order valence-electron chi connectivity index (χ0n) is 12.7. The van der Waals surface area contributed by atoms with Crippen LogP contribution in [0.2, 0.25) is 0 Å². The Morgan fingerprint density at radius 2 is 1.68 bits per heavy atom. The van der Waals surface area contributed by atoms with Crippen LogP contribution >= 0.6 is 0 Å². The zero-order valence-corrected chi connectivity index (χ0v) is 12.7. The van der Waals surface area contributed by atoms with Gasteiger partial charge >= 0.3 is 0 Å². The highest BCUT2D eigenvalue weighted by Crippen LogP contribution is 2.15. The van der Waals surface area contributed by atoms with E-state index in [2.05, 4.69) is 50.8 Å². The molecule has 0 radical (unpaired) electrons. The fourth-order valence-electron chi connectivity index (χ4n) is 2.21. The van der Waals surface area contributed by atoms with Crippen molar-refractivity contribution in [1.29, 1.82) is 0 Å². The van der Waals surface area contributed by atoms with Crippen LogP contribution in [0.4, 0.5) is 0 Å². The van der Waals surface area contributed by atoms with Crippen molar-refractivity contribution >= 4 is 0 Å². The molecule has 19 heavy (non-hydrogen) atoms. The van der Waals surface area contributed by atoms with Crippen LogP contribution in [-0.4, -0.2) is 10.7 Å². The molecule has 0 bridgehead atoms. The Bertz CT molecular complexity index is 440. The van der Waals surface area contributed by atoms with E-state index in [9.17, 15) is 5.11 Å². The Balaban J connectivity index is 2.64. The van der Waals surface area contributed by atoms with Crippen LogP contribution in [0.15, 0.2) is 18.2 Å². The molecule has 0 aliphatic carbocycles. The van der Waals surface area contributed by atoms with Crippen molar-refractivity contribution in [2.75, 3.05) is 0 Å². The van der Waals surface area contributed by atoms with Gasteiger partial charge in [-0.2, -0.15) is 0 Å². The second-order valence-corrected chi connectivity index (χ2v) is 5.71. The first kappa shape index (κ1) is 15.8. The smallest absolute Gasteiger partial charge is 0.123 e. The standard InChI is InChI=1S/C18H26O/c1-5-6-7-8-10-18(4,19)11-9-17-13-15(2)12-16(3)14-17/h12-14,19H,5-8,10H2,1-4H3. The van der Waals surface area contributed by atoms with Gasteiger partial charge in [0.1, 0.15) is 5.60 Å². The van der Waals surface area contributed by atoms with Crippen molar-refractivity contribution in [1.82, 2.24) is 0 Å². The van der Waals surface area contributed by atoms with Gasteiger partial charge in [0.05, 0.1) is 0 Å². The molecular weight excluding hydrogens is 232 g/mol. The summed E-state index contributed by atoms with van der Waals surface area (Å²) in [5.74, 6) is 6.12. The molecule has 1 N–H and O–H groups in total. The van der Waals surface area contributed by atoms with Gasteiger partial charge in [-0.05, 0) is 56.9 Å². The summed E-state index contributed by atoms with van der Waals surface area (Å²) in [6, 6.07) is 6.26. The topological polar surface area (TPSA) is 20.2 Å². The minimum absolute atomic E-state index is 0.755. The molecule has 104 valence electrons. The molecule has 0 fully saturated rings. The van der Waals surface area contributed by atoms with E-state index >= 15 is 0 Å². The lowest BCUT2D eigenvalue weighted by Gasteiger charge is -2.15. The van der Waals surface area contributed by atoms with E-state index in [-0.39, 0.29) is 0 Å². The summed E-state index contributed by atoms with van der Waals surface area (Å²) in [5, 5.41) is 10.2. The molecule has 0 aromatic heterocycles. The maximum atomic E-state index is 10.2. The lowest BCUT2D eigenvalue weighted by Crippen LogP contribution is -2.21. The molecule has 1 nitrogen and oxygen atoms in total. The van der Waals surface area contributed by atoms with Crippen LogP contribution in [0.1, 0.15) is 62.6 Å². The van der Waals surface area contributed by atoms with Gasteiger partial charge in [-0.15, -0.1) is 0 Å². The number of aryl methyl sites for hydroxylation is 2. The molecule has 1 aromatic rings. The molecule has 0 aliphatic heterocycles. The van der Waals surface area contributed by atoms with Crippen molar-refractivity contribution in [3.8, 4) is 11.8 Å². The van der Waals surface area contributed by atoms with Crippen molar-refractivity contribution < 1.29 is 5.11 Å². The highest BCUT2D eigenvalue weighted by Gasteiger charge is 2.15. The summed E-state index contributed by atoms with van der Waals surface area (Å²) >= 11 is 0. The summed E-state index contributed by atoms with van der Waals surface area (Å²) < 4.78 is 0. The first-order valence-corrected chi connectivity index (χ1v) is 7.27. The van der Waals surface area contributed by atoms with Crippen molar-refractivity contribution in [2.45, 2.75) is 65.4 Å². The van der Waals surface area contributed by atoms with Crippen LogP contribution in [0, 0.1) is 25.7 Å². The molecular formula is C18H26O. The molecule has 0 spiro atoms. The highest BCUT2D eigenvalue weighted by atomic mass is 16.3. The first-order valence-electron chi connectivity index (χ1n) is 7.27. The van der Waals surface area contributed by atoms with Gasteiger partial charge in [-0.25, -0.2) is 0 Å². The Hall–Kier alpha value is -1.26. The van der Waals surface area contributed by atoms with Gasteiger partial charge in [0.15, 0.2) is 0 Å². The molecule has 0 amide bonds. The van der Waals surface area contributed by atoms with Crippen LogP contribution in [-0.2, 0) is 0 Å². The van der Waals surface area contributed by atoms with Crippen molar-refractivity contribution in [2.24, 2.45) is 0 Å².